The molecule has 0 saturated carbocycles. The lowest BCUT2D eigenvalue weighted by atomic mass is 10.1. The molecule has 0 bridgehead atoms. The van der Waals surface area contributed by atoms with Gasteiger partial charge in [-0.15, -0.1) is 0 Å². The van der Waals surface area contributed by atoms with Crippen molar-refractivity contribution >= 4 is 35.3 Å². The van der Waals surface area contributed by atoms with Crippen LogP contribution < -0.4 is 15.5 Å². The molecule has 0 aliphatic heterocycles. The molecule has 0 radical (unpaired) electrons. The maximum Gasteiger partial charge on any atom is 0.329 e. The summed E-state index contributed by atoms with van der Waals surface area (Å²) in [6, 6.07) is 12.4. The molecule has 6 nitrogen and oxygen atoms in total. The van der Waals surface area contributed by atoms with E-state index in [4.69, 9.17) is 16.3 Å². The summed E-state index contributed by atoms with van der Waals surface area (Å²) in [5.74, 6) is -1.06. The number of halogens is 1. The molecule has 27 heavy (non-hydrogen) atoms. The number of hydrogen-bond donors (Lipinski definition) is 2. The van der Waals surface area contributed by atoms with Gasteiger partial charge in [0.2, 0.25) is 0 Å². The zero-order chi connectivity index (χ0) is 19.6. The van der Waals surface area contributed by atoms with Crippen LogP contribution in [0.2, 0.25) is 5.02 Å². The molecule has 0 saturated heterocycles. The van der Waals surface area contributed by atoms with Gasteiger partial charge < -0.3 is 10.1 Å². The van der Waals surface area contributed by atoms with Gasteiger partial charge in [0.05, 0.1) is 17.8 Å². The molecule has 2 amide bonds. The third kappa shape index (κ3) is 6.42. The average molecular weight is 388 g/mol. The van der Waals surface area contributed by atoms with Crippen LogP contribution in [0.25, 0.3) is 0 Å². The minimum absolute atomic E-state index is 0.451. The van der Waals surface area contributed by atoms with Gasteiger partial charge in [-0.05, 0) is 54.3 Å². The Morgan fingerprint density at radius 1 is 1.11 bits per heavy atom. The quantitative estimate of drug-likeness (QED) is 0.431. The van der Waals surface area contributed by atoms with Crippen LogP contribution in [0.1, 0.15) is 31.4 Å². The third-order valence-electron chi connectivity index (χ3n) is 3.62. The van der Waals surface area contributed by atoms with Crippen LogP contribution in [0.4, 0.5) is 5.69 Å². The first-order chi connectivity index (χ1) is 13.0. The van der Waals surface area contributed by atoms with E-state index in [1.807, 2.05) is 26.0 Å². The summed E-state index contributed by atoms with van der Waals surface area (Å²) in [4.78, 5) is 23.7. The third-order valence-corrected chi connectivity index (χ3v) is 3.92. The Morgan fingerprint density at radius 3 is 2.48 bits per heavy atom. The van der Waals surface area contributed by atoms with E-state index in [0.717, 1.165) is 18.4 Å². The van der Waals surface area contributed by atoms with Gasteiger partial charge in [-0.2, -0.15) is 5.10 Å². The number of ether oxygens (including phenoxy) is 1. The molecular weight excluding hydrogens is 366 g/mol. The van der Waals surface area contributed by atoms with E-state index >= 15 is 0 Å². The molecule has 0 heterocycles. The van der Waals surface area contributed by atoms with Gasteiger partial charge in [0.1, 0.15) is 5.75 Å². The summed E-state index contributed by atoms with van der Waals surface area (Å²) in [7, 11) is 0. The van der Waals surface area contributed by atoms with E-state index in [9.17, 15) is 9.59 Å². The predicted molar refractivity (Wildman–Crippen MR) is 107 cm³/mol. The molecule has 7 heteroatoms. The van der Waals surface area contributed by atoms with Crippen LogP contribution in [0.15, 0.2) is 47.6 Å². The van der Waals surface area contributed by atoms with Gasteiger partial charge in [-0.25, -0.2) is 5.43 Å². The lowest BCUT2D eigenvalue weighted by Crippen LogP contribution is -2.32. The number of nitrogens with one attached hydrogen (secondary N) is 2. The van der Waals surface area contributed by atoms with Crippen molar-refractivity contribution in [2.75, 3.05) is 11.9 Å². The number of anilines is 1. The number of hydrogen-bond acceptors (Lipinski definition) is 4. The number of hydrazone groups is 1. The summed E-state index contributed by atoms with van der Waals surface area (Å²) in [5, 5.41) is 6.75. The molecular formula is C20H22ClN3O3. The fourth-order valence-electron chi connectivity index (χ4n) is 2.15. The van der Waals surface area contributed by atoms with Crippen LogP contribution in [-0.2, 0) is 16.0 Å². The molecule has 0 aliphatic carbocycles. The molecule has 2 N–H and O–H groups in total. The Hall–Kier alpha value is -2.86. The second-order valence-corrected chi connectivity index (χ2v) is 6.15. The van der Waals surface area contributed by atoms with Crippen molar-refractivity contribution in [2.45, 2.75) is 26.7 Å². The zero-order valence-corrected chi connectivity index (χ0v) is 16.0. The first-order valence-electron chi connectivity index (χ1n) is 8.69. The normalized spacial score (nSPS) is 10.6. The van der Waals surface area contributed by atoms with Gasteiger partial charge in [-0.1, -0.05) is 37.6 Å². The van der Waals surface area contributed by atoms with E-state index in [0.29, 0.717) is 28.6 Å². The van der Waals surface area contributed by atoms with Gasteiger partial charge in [0.15, 0.2) is 0 Å². The number of benzene rings is 2. The summed E-state index contributed by atoms with van der Waals surface area (Å²) >= 11 is 6.13. The number of amides is 2. The Bertz CT molecular complexity index is 820. The molecule has 0 unspecified atom stereocenters. The van der Waals surface area contributed by atoms with Crippen LogP contribution in [0, 0.1) is 0 Å². The van der Waals surface area contributed by atoms with E-state index in [-0.39, 0.29) is 0 Å². The monoisotopic (exact) mass is 387 g/mol. The Morgan fingerprint density at radius 2 is 1.85 bits per heavy atom. The summed E-state index contributed by atoms with van der Waals surface area (Å²) in [6.07, 6.45) is 3.19. The minimum atomic E-state index is -0.861. The smallest absolute Gasteiger partial charge is 0.329 e. The fourth-order valence-corrected chi connectivity index (χ4v) is 2.40. The Labute approximate surface area is 163 Å². The SMILES string of the molecule is CCCOc1ccc(/C=N\NC(=O)C(=O)Nc2ccc(CC)cc2)cc1Cl. The zero-order valence-electron chi connectivity index (χ0n) is 15.3. The second-order valence-electron chi connectivity index (χ2n) is 5.74. The lowest BCUT2D eigenvalue weighted by molar-refractivity contribution is -0.136. The Kier molecular flexibility index (Phi) is 7.82. The molecule has 2 aromatic rings. The van der Waals surface area contributed by atoms with Crippen molar-refractivity contribution in [1.29, 1.82) is 0 Å². The van der Waals surface area contributed by atoms with Gasteiger partial charge in [-0.3, -0.25) is 9.59 Å². The molecule has 0 aliphatic rings. The maximum atomic E-state index is 11.9. The van der Waals surface area contributed by atoms with Crippen LogP contribution in [-0.4, -0.2) is 24.6 Å². The van der Waals surface area contributed by atoms with Crippen molar-refractivity contribution < 1.29 is 14.3 Å². The van der Waals surface area contributed by atoms with E-state index in [1.165, 1.54) is 6.21 Å². The van der Waals surface area contributed by atoms with Gasteiger partial charge >= 0.3 is 11.8 Å². The highest BCUT2D eigenvalue weighted by Crippen LogP contribution is 2.25. The maximum absolute atomic E-state index is 11.9. The van der Waals surface area contributed by atoms with Gasteiger partial charge in [0, 0.05) is 5.69 Å². The number of aryl methyl sites for hydroxylation is 1. The standard InChI is InChI=1S/C20H22ClN3O3/c1-3-11-27-18-10-7-15(12-17(18)21)13-22-24-20(26)19(25)23-16-8-5-14(4-2)6-9-16/h5-10,12-13H,3-4,11H2,1-2H3,(H,23,25)(H,24,26)/b22-13-. The first-order valence-corrected chi connectivity index (χ1v) is 9.07. The predicted octanol–water partition coefficient (Wildman–Crippen LogP) is 3.78. The Balaban J connectivity index is 1.88. The van der Waals surface area contributed by atoms with E-state index in [2.05, 4.69) is 15.8 Å². The molecule has 2 rings (SSSR count). The number of nitrogens with zero attached hydrogens (tertiary/aromatic N) is 1. The largest absolute Gasteiger partial charge is 0.492 e. The summed E-state index contributed by atoms with van der Waals surface area (Å²) in [5.41, 5.74) is 4.54. The van der Waals surface area contributed by atoms with Crippen LogP contribution in [0.3, 0.4) is 0 Å². The highest BCUT2D eigenvalue weighted by Gasteiger charge is 2.12. The minimum Gasteiger partial charge on any atom is -0.492 e. The van der Waals surface area contributed by atoms with Crippen molar-refractivity contribution in [3.8, 4) is 5.75 Å². The van der Waals surface area contributed by atoms with Crippen molar-refractivity contribution in [1.82, 2.24) is 5.43 Å². The molecule has 0 fully saturated rings. The molecule has 0 atom stereocenters. The van der Waals surface area contributed by atoms with E-state index in [1.54, 1.807) is 30.3 Å². The lowest BCUT2D eigenvalue weighted by Gasteiger charge is -2.07. The molecule has 0 spiro atoms. The van der Waals surface area contributed by atoms with Crippen molar-refractivity contribution in [3.05, 3.63) is 58.6 Å². The highest BCUT2D eigenvalue weighted by molar-refractivity contribution is 6.39. The fraction of sp³-hybridized carbons (Fsp3) is 0.250. The molecule has 142 valence electrons. The van der Waals surface area contributed by atoms with Crippen LogP contribution >= 0.6 is 11.6 Å². The molecule has 2 aromatic carbocycles. The van der Waals surface area contributed by atoms with Gasteiger partial charge in [0.25, 0.3) is 0 Å². The molecule has 0 aromatic heterocycles. The van der Waals surface area contributed by atoms with Crippen molar-refractivity contribution in [2.24, 2.45) is 5.10 Å². The summed E-state index contributed by atoms with van der Waals surface area (Å²) in [6.45, 7) is 4.63. The van der Waals surface area contributed by atoms with E-state index < -0.39 is 11.8 Å². The number of carbonyl (C=O) groups excluding carboxylic acids is 2. The van der Waals surface area contributed by atoms with Crippen molar-refractivity contribution in [3.63, 3.8) is 0 Å². The second kappa shape index (κ2) is 10.3. The number of rotatable bonds is 7. The highest BCUT2D eigenvalue weighted by atomic mass is 35.5. The summed E-state index contributed by atoms with van der Waals surface area (Å²) < 4.78 is 5.49. The number of carbonyl (C=O) groups is 2. The average Bonchev–Trinajstić information content (AvgIpc) is 2.67. The van der Waals surface area contributed by atoms with Crippen LogP contribution in [0.5, 0.6) is 5.75 Å². The topological polar surface area (TPSA) is 79.8 Å². The first kappa shape index (κ1) is 20.5.